The van der Waals surface area contributed by atoms with Gasteiger partial charge in [-0.2, -0.15) is 0 Å². The molecule has 5 rings (SSSR count). The van der Waals surface area contributed by atoms with Crippen LogP contribution < -0.4 is 10.1 Å². The molecule has 1 fully saturated rings. The van der Waals surface area contributed by atoms with Crippen molar-refractivity contribution in [2.75, 3.05) is 19.0 Å². The Morgan fingerprint density at radius 2 is 1.87 bits per heavy atom. The lowest BCUT2D eigenvalue weighted by atomic mass is 9.80. The Morgan fingerprint density at radius 1 is 1.00 bits per heavy atom. The average molecular weight is 530 g/mol. The summed E-state index contributed by atoms with van der Waals surface area (Å²) in [5.41, 5.74) is 4.31. The monoisotopic (exact) mass is 529 g/mol. The Morgan fingerprint density at radius 3 is 2.67 bits per heavy atom. The fraction of sp³-hybridized carbons (Fsp3) is 0.393. The van der Waals surface area contributed by atoms with Gasteiger partial charge in [0.15, 0.2) is 5.76 Å². The zero-order chi connectivity index (χ0) is 27.2. The fourth-order valence-electron chi connectivity index (χ4n) is 4.88. The Balaban J connectivity index is 1.27. The summed E-state index contributed by atoms with van der Waals surface area (Å²) in [7, 11) is 1.45. The number of carbonyl (C=O) groups is 1. The minimum absolute atomic E-state index is 0.117. The molecule has 39 heavy (non-hydrogen) atoms. The molecule has 4 heterocycles. The van der Waals surface area contributed by atoms with E-state index in [0.717, 1.165) is 42.6 Å². The smallest absolute Gasteiger partial charge is 0.309 e. The highest BCUT2D eigenvalue weighted by Crippen LogP contribution is 2.33. The van der Waals surface area contributed by atoms with E-state index in [9.17, 15) is 4.79 Å². The molecule has 0 bridgehead atoms. The second-order valence-electron chi connectivity index (χ2n) is 9.55. The number of aromatic nitrogens is 6. The number of rotatable bonds is 9. The molecule has 0 radical (unpaired) electrons. The summed E-state index contributed by atoms with van der Waals surface area (Å²) in [5.74, 6) is 1.56. The highest BCUT2D eigenvalue weighted by atomic mass is 16.5. The van der Waals surface area contributed by atoms with Crippen molar-refractivity contribution >= 4 is 11.9 Å². The largest absolute Gasteiger partial charge is 0.491 e. The van der Waals surface area contributed by atoms with Gasteiger partial charge in [0.2, 0.25) is 5.95 Å². The van der Waals surface area contributed by atoms with E-state index in [1.165, 1.54) is 7.11 Å². The van der Waals surface area contributed by atoms with Gasteiger partial charge in [0.25, 0.3) is 0 Å². The molecule has 2 atom stereocenters. The van der Waals surface area contributed by atoms with Crippen LogP contribution >= 0.6 is 0 Å². The Kier molecular flexibility index (Phi) is 8.04. The number of pyridine rings is 1. The third kappa shape index (κ3) is 6.02. The lowest BCUT2D eigenvalue weighted by Crippen LogP contribution is -2.32. The Labute approximate surface area is 226 Å². The number of aryl methyl sites for hydroxylation is 2. The molecular weight excluding hydrogens is 498 g/mol. The predicted octanol–water partition coefficient (Wildman–Crippen LogP) is 4.57. The standard InChI is InChI=1S/C28H31N7O4/c1-17-21(14-32-28-31-11-10-22(34-28)24-15-29-12-13-30-24)26(39-35-17)23-8-9-25(18(2)33-23)38-16-19-6-4-5-7-20(19)27(36)37-3/h8-13,15,19-20H,4-7,14,16H2,1-3H3,(H,31,32,34)/t19-,20+/m1/s1. The minimum Gasteiger partial charge on any atom is -0.491 e. The van der Waals surface area contributed by atoms with Crippen molar-refractivity contribution in [3.63, 3.8) is 0 Å². The maximum Gasteiger partial charge on any atom is 0.309 e. The summed E-state index contributed by atoms with van der Waals surface area (Å²) >= 11 is 0. The first kappa shape index (κ1) is 26.2. The van der Waals surface area contributed by atoms with Gasteiger partial charge in [0.1, 0.15) is 17.1 Å². The van der Waals surface area contributed by atoms with Crippen molar-refractivity contribution in [1.29, 1.82) is 0 Å². The second-order valence-corrected chi connectivity index (χ2v) is 9.55. The van der Waals surface area contributed by atoms with E-state index >= 15 is 0 Å². The second kappa shape index (κ2) is 12.0. The fourth-order valence-corrected chi connectivity index (χ4v) is 4.88. The molecule has 11 heteroatoms. The van der Waals surface area contributed by atoms with E-state index in [2.05, 4.69) is 30.4 Å². The van der Waals surface area contributed by atoms with Gasteiger partial charge in [0.05, 0.1) is 42.9 Å². The molecule has 4 aromatic heterocycles. The van der Waals surface area contributed by atoms with Crippen LogP contribution in [0.5, 0.6) is 5.75 Å². The number of hydrogen-bond donors (Lipinski definition) is 1. The molecular formula is C28H31N7O4. The SMILES string of the molecule is COC(=O)[C@H]1CCCC[C@@H]1COc1ccc(-c2onc(C)c2CNc2nccc(-c3cnccn3)n2)nc1C. The molecule has 4 aromatic rings. The summed E-state index contributed by atoms with van der Waals surface area (Å²) in [6, 6.07) is 5.53. The third-order valence-corrected chi connectivity index (χ3v) is 7.03. The number of esters is 1. The number of nitrogens with zero attached hydrogens (tertiary/aromatic N) is 6. The first-order chi connectivity index (χ1) is 19.0. The normalized spacial score (nSPS) is 17.0. The molecule has 1 aliphatic carbocycles. The summed E-state index contributed by atoms with van der Waals surface area (Å²) in [6.07, 6.45) is 10.5. The molecule has 1 aliphatic rings. The Hall–Kier alpha value is -4.41. The first-order valence-electron chi connectivity index (χ1n) is 13.0. The minimum atomic E-state index is -0.152. The van der Waals surface area contributed by atoms with Crippen molar-refractivity contribution in [1.82, 2.24) is 30.1 Å². The van der Waals surface area contributed by atoms with Gasteiger partial charge >= 0.3 is 5.97 Å². The third-order valence-electron chi connectivity index (χ3n) is 7.03. The van der Waals surface area contributed by atoms with Gasteiger partial charge in [-0.15, -0.1) is 0 Å². The van der Waals surface area contributed by atoms with Crippen molar-refractivity contribution in [3.8, 4) is 28.6 Å². The molecule has 0 amide bonds. The maximum absolute atomic E-state index is 12.2. The number of anilines is 1. The molecule has 11 nitrogen and oxygen atoms in total. The first-order valence-corrected chi connectivity index (χ1v) is 13.0. The van der Waals surface area contributed by atoms with E-state index in [0.29, 0.717) is 47.7 Å². The van der Waals surface area contributed by atoms with E-state index < -0.39 is 0 Å². The van der Waals surface area contributed by atoms with E-state index in [1.54, 1.807) is 30.9 Å². The molecule has 0 aliphatic heterocycles. The number of ether oxygens (including phenoxy) is 2. The van der Waals surface area contributed by atoms with Crippen molar-refractivity contribution in [2.24, 2.45) is 11.8 Å². The molecule has 202 valence electrons. The van der Waals surface area contributed by atoms with Gasteiger partial charge in [-0.05, 0) is 44.9 Å². The lowest BCUT2D eigenvalue weighted by molar-refractivity contribution is -0.149. The van der Waals surface area contributed by atoms with Crippen LogP contribution in [-0.2, 0) is 16.1 Å². The maximum atomic E-state index is 12.2. The van der Waals surface area contributed by atoms with Crippen molar-refractivity contribution in [2.45, 2.75) is 46.1 Å². The van der Waals surface area contributed by atoms with Gasteiger partial charge in [-0.25, -0.2) is 15.0 Å². The zero-order valence-corrected chi connectivity index (χ0v) is 22.3. The molecule has 0 unspecified atom stereocenters. The van der Waals surface area contributed by atoms with Crippen LogP contribution in [0.4, 0.5) is 5.95 Å². The average Bonchev–Trinajstić information content (AvgIpc) is 3.35. The summed E-state index contributed by atoms with van der Waals surface area (Å²) < 4.78 is 16.8. The van der Waals surface area contributed by atoms with Crippen molar-refractivity contribution < 1.29 is 18.8 Å². The van der Waals surface area contributed by atoms with Crippen LogP contribution in [0.1, 0.15) is 42.6 Å². The number of methoxy groups -OCH3 is 1. The van der Waals surface area contributed by atoms with E-state index in [-0.39, 0.29) is 17.8 Å². The topological polar surface area (TPSA) is 138 Å². The van der Waals surface area contributed by atoms with Gasteiger partial charge in [-0.1, -0.05) is 18.0 Å². The van der Waals surface area contributed by atoms with Crippen LogP contribution in [0.3, 0.4) is 0 Å². The highest BCUT2D eigenvalue weighted by molar-refractivity contribution is 5.72. The number of hydrogen-bond acceptors (Lipinski definition) is 11. The van der Waals surface area contributed by atoms with Crippen LogP contribution in [0.15, 0.2) is 47.5 Å². The highest BCUT2D eigenvalue weighted by Gasteiger charge is 2.32. The molecule has 1 N–H and O–H groups in total. The van der Waals surface area contributed by atoms with Crippen LogP contribution in [-0.4, -0.2) is 49.8 Å². The van der Waals surface area contributed by atoms with E-state index in [4.69, 9.17) is 19.0 Å². The van der Waals surface area contributed by atoms with Gasteiger partial charge < -0.3 is 19.3 Å². The van der Waals surface area contributed by atoms with Gasteiger partial charge in [-0.3, -0.25) is 14.8 Å². The molecule has 0 spiro atoms. The van der Waals surface area contributed by atoms with Crippen molar-refractivity contribution in [3.05, 3.63) is 59.9 Å². The summed E-state index contributed by atoms with van der Waals surface area (Å²) in [4.78, 5) is 34.2. The van der Waals surface area contributed by atoms with Gasteiger partial charge in [0, 0.05) is 36.6 Å². The molecule has 0 saturated heterocycles. The molecule has 0 aromatic carbocycles. The lowest BCUT2D eigenvalue weighted by Gasteiger charge is -2.29. The van der Waals surface area contributed by atoms with Crippen LogP contribution in [0.2, 0.25) is 0 Å². The van der Waals surface area contributed by atoms with Crippen LogP contribution in [0.25, 0.3) is 22.8 Å². The number of nitrogens with one attached hydrogen (secondary N) is 1. The molecule has 1 saturated carbocycles. The van der Waals surface area contributed by atoms with Crippen LogP contribution in [0, 0.1) is 25.7 Å². The summed E-state index contributed by atoms with van der Waals surface area (Å²) in [5, 5.41) is 7.41. The number of carbonyl (C=O) groups excluding carboxylic acids is 1. The zero-order valence-electron chi connectivity index (χ0n) is 22.3. The predicted molar refractivity (Wildman–Crippen MR) is 143 cm³/mol. The van der Waals surface area contributed by atoms with E-state index in [1.807, 2.05) is 26.0 Å². The Bertz CT molecular complexity index is 1430. The quantitative estimate of drug-likeness (QED) is 0.305. The summed E-state index contributed by atoms with van der Waals surface area (Å²) in [6.45, 7) is 4.62.